The van der Waals surface area contributed by atoms with Gasteiger partial charge in [-0.3, -0.25) is 9.59 Å². The molecule has 0 saturated carbocycles. The van der Waals surface area contributed by atoms with Crippen LogP contribution >= 0.6 is 0 Å². The van der Waals surface area contributed by atoms with Crippen molar-refractivity contribution in [2.75, 3.05) is 6.54 Å². The maximum Gasteiger partial charge on any atom is 0.249 e. The van der Waals surface area contributed by atoms with Gasteiger partial charge in [0.05, 0.1) is 5.41 Å². The largest absolute Gasteiger partial charge is 0.369 e. The van der Waals surface area contributed by atoms with Gasteiger partial charge in [-0.15, -0.1) is 0 Å². The molecule has 0 aliphatic heterocycles. The van der Waals surface area contributed by atoms with Crippen LogP contribution in [-0.2, 0) is 11.3 Å². The van der Waals surface area contributed by atoms with E-state index in [1.54, 1.807) is 26.0 Å². The van der Waals surface area contributed by atoms with E-state index in [4.69, 9.17) is 11.5 Å². The zero-order valence-electron chi connectivity index (χ0n) is 10.7. The van der Waals surface area contributed by atoms with Gasteiger partial charge < -0.3 is 16.8 Å². The van der Waals surface area contributed by atoms with E-state index in [1.807, 2.05) is 12.1 Å². The van der Waals surface area contributed by atoms with Gasteiger partial charge in [-0.2, -0.15) is 0 Å². The molecule has 2 amide bonds. The van der Waals surface area contributed by atoms with Gasteiger partial charge >= 0.3 is 0 Å². The molecule has 1 rings (SSSR count). The van der Waals surface area contributed by atoms with Gasteiger partial charge in [0.1, 0.15) is 0 Å². The lowest BCUT2D eigenvalue weighted by Crippen LogP contribution is -2.40. The van der Waals surface area contributed by atoms with E-state index in [9.17, 15) is 9.59 Å². The molecule has 0 aromatic heterocycles. The molecule has 1 aromatic carbocycles. The van der Waals surface area contributed by atoms with Crippen molar-refractivity contribution in [2.24, 2.45) is 16.9 Å². The molecule has 0 aliphatic carbocycles. The predicted octanol–water partition coefficient (Wildman–Crippen LogP) is 0.387. The average Bonchev–Trinajstić information content (AvgIpc) is 2.29. The Morgan fingerprint density at radius 3 is 2.39 bits per heavy atom. The zero-order chi connectivity index (χ0) is 13.8. The second-order valence-corrected chi connectivity index (χ2v) is 4.87. The van der Waals surface area contributed by atoms with E-state index < -0.39 is 11.3 Å². The number of carbonyl (C=O) groups excluding carboxylic acids is 2. The molecule has 0 unspecified atom stereocenters. The highest BCUT2D eigenvalue weighted by Crippen LogP contribution is 2.13. The van der Waals surface area contributed by atoms with Crippen LogP contribution in [0.4, 0.5) is 0 Å². The first-order valence-corrected chi connectivity index (χ1v) is 5.73. The monoisotopic (exact) mass is 249 g/mol. The van der Waals surface area contributed by atoms with Crippen LogP contribution in [0.3, 0.4) is 0 Å². The number of hydrogen-bond donors (Lipinski definition) is 3. The highest BCUT2D eigenvalue weighted by molar-refractivity contribution is 5.94. The fourth-order valence-corrected chi connectivity index (χ4v) is 1.51. The van der Waals surface area contributed by atoms with Gasteiger partial charge in [0.25, 0.3) is 0 Å². The smallest absolute Gasteiger partial charge is 0.249 e. The lowest BCUT2D eigenvalue weighted by molar-refractivity contribution is -0.125. The first-order chi connectivity index (χ1) is 8.34. The van der Waals surface area contributed by atoms with E-state index in [-0.39, 0.29) is 5.91 Å². The van der Waals surface area contributed by atoms with Crippen LogP contribution in [0.15, 0.2) is 24.3 Å². The van der Waals surface area contributed by atoms with E-state index in [0.29, 0.717) is 18.7 Å². The molecule has 0 bridgehead atoms. The van der Waals surface area contributed by atoms with Gasteiger partial charge in [-0.1, -0.05) is 18.2 Å². The summed E-state index contributed by atoms with van der Waals surface area (Å²) >= 11 is 0. The molecule has 0 saturated heterocycles. The Bertz CT molecular complexity index is 455. The number of benzene rings is 1. The number of rotatable bonds is 6. The molecule has 98 valence electrons. The van der Waals surface area contributed by atoms with E-state index in [0.717, 1.165) is 5.56 Å². The second kappa shape index (κ2) is 5.64. The quantitative estimate of drug-likeness (QED) is 0.680. The van der Waals surface area contributed by atoms with Crippen LogP contribution in [0.25, 0.3) is 0 Å². The molecule has 0 radical (unpaired) electrons. The van der Waals surface area contributed by atoms with Crippen molar-refractivity contribution in [1.82, 2.24) is 5.32 Å². The number of primary amides is 2. The summed E-state index contributed by atoms with van der Waals surface area (Å²) in [6.45, 7) is 4.44. The number of hydrogen-bond acceptors (Lipinski definition) is 3. The third-order valence-corrected chi connectivity index (χ3v) is 2.83. The van der Waals surface area contributed by atoms with Crippen molar-refractivity contribution < 1.29 is 9.59 Å². The lowest BCUT2D eigenvalue weighted by Gasteiger charge is -2.21. The number of amides is 2. The van der Waals surface area contributed by atoms with Crippen molar-refractivity contribution in [3.63, 3.8) is 0 Å². The first kappa shape index (κ1) is 14.2. The summed E-state index contributed by atoms with van der Waals surface area (Å²) in [7, 11) is 0. The highest BCUT2D eigenvalue weighted by atomic mass is 16.1. The Hall–Kier alpha value is -1.88. The van der Waals surface area contributed by atoms with Crippen molar-refractivity contribution >= 4 is 11.8 Å². The molecule has 5 N–H and O–H groups in total. The summed E-state index contributed by atoms with van der Waals surface area (Å²) in [4.78, 5) is 22.4. The Kier molecular flexibility index (Phi) is 4.44. The number of nitrogens with two attached hydrogens (primary N) is 2. The Labute approximate surface area is 107 Å². The maximum absolute atomic E-state index is 11.2. The summed E-state index contributed by atoms with van der Waals surface area (Å²) in [5.41, 5.74) is 11.2. The van der Waals surface area contributed by atoms with Gasteiger partial charge in [0.2, 0.25) is 11.8 Å². The van der Waals surface area contributed by atoms with Gasteiger partial charge in [-0.25, -0.2) is 0 Å². The minimum absolute atomic E-state index is 0.363. The number of nitrogens with one attached hydrogen (secondary N) is 1. The lowest BCUT2D eigenvalue weighted by atomic mass is 9.92. The zero-order valence-corrected chi connectivity index (χ0v) is 10.7. The van der Waals surface area contributed by atoms with Crippen LogP contribution in [-0.4, -0.2) is 18.4 Å². The van der Waals surface area contributed by atoms with Crippen LogP contribution < -0.4 is 16.8 Å². The first-order valence-electron chi connectivity index (χ1n) is 5.73. The molecule has 0 aliphatic rings. The SMILES string of the molecule is CC(C)(CNCc1ccccc1C(N)=O)C(N)=O. The van der Waals surface area contributed by atoms with Gasteiger partial charge in [0, 0.05) is 18.7 Å². The minimum Gasteiger partial charge on any atom is -0.369 e. The molecule has 0 atom stereocenters. The molecular weight excluding hydrogens is 230 g/mol. The molecule has 0 spiro atoms. The Balaban J connectivity index is 2.65. The van der Waals surface area contributed by atoms with Gasteiger partial charge in [0.15, 0.2) is 0 Å². The molecule has 5 nitrogen and oxygen atoms in total. The Morgan fingerprint density at radius 2 is 1.83 bits per heavy atom. The standard InChI is InChI=1S/C13H19N3O2/c1-13(2,12(15)18)8-16-7-9-5-3-4-6-10(9)11(14)17/h3-6,16H,7-8H2,1-2H3,(H2,14,17)(H2,15,18). The van der Waals surface area contributed by atoms with Crippen LogP contribution in [0.5, 0.6) is 0 Å². The third kappa shape index (κ3) is 3.56. The van der Waals surface area contributed by atoms with Crippen molar-refractivity contribution in [2.45, 2.75) is 20.4 Å². The minimum atomic E-state index is -0.623. The van der Waals surface area contributed by atoms with E-state index in [1.165, 1.54) is 0 Å². The molecule has 0 heterocycles. The fraction of sp³-hybridized carbons (Fsp3) is 0.385. The molecule has 5 heteroatoms. The normalized spacial score (nSPS) is 11.2. The maximum atomic E-state index is 11.2. The van der Waals surface area contributed by atoms with Crippen LogP contribution in [0, 0.1) is 5.41 Å². The second-order valence-electron chi connectivity index (χ2n) is 4.87. The summed E-state index contributed by atoms with van der Waals surface area (Å²) in [6.07, 6.45) is 0. The summed E-state index contributed by atoms with van der Waals surface area (Å²) < 4.78 is 0. The third-order valence-electron chi connectivity index (χ3n) is 2.83. The average molecular weight is 249 g/mol. The predicted molar refractivity (Wildman–Crippen MR) is 69.6 cm³/mol. The van der Waals surface area contributed by atoms with E-state index >= 15 is 0 Å². The van der Waals surface area contributed by atoms with Gasteiger partial charge in [-0.05, 0) is 25.5 Å². The summed E-state index contributed by atoms with van der Waals surface area (Å²) in [6, 6.07) is 7.10. The molecule has 0 fully saturated rings. The molecule has 1 aromatic rings. The highest BCUT2D eigenvalue weighted by Gasteiger charge is 2.24. The van der Waals surface area contributed by atoms with E-state index in [2.05, 4.69) is 5.32 Å². The fourth-order valence-electron chi connectivity index (χ4n) is 1.51. The topological polar surface area (TPSA) is 98.2 Å². The summed E-state index contributed by atoms with van der Waals surface area (Å²) in [5.74, 6) is -0.820. The summed E-state index contributed by atoms with van der Waals surface area (Å²) in [5, 5.41) is 3.11. The molecular formula is C13H19N3O2. The van der Waals surface area contributed by atoms with Crippen molar-refractivity contribution in [1.29, 1.82) is 0 Å². The van der Waals surface area contributed by atoms with Crippen LogP contribution in [0.1, 0.15) is 29.8 Å². The Morgan fingerprint density at radius 1 is 1.22 bits per heavy atom. The number of carbonyl (C=O) groups is 2. The van der Waals surface area contributed by atoms with Crippen LogP contribution in [0.2, 0.25) is 0 Å². The van der Waals surface area contributed by atoms with Crippen molar-refractivity contribution in [3.8, 4) is 0 Å². The van der Waals surface area contributed by atoms with Crippen molar-refractivity contribution in [3.05, 3.63) is 35.4 Å². The molecule has 18 heavy (non-hydrogen) atoms.